The molecule has 1 heterocycles. The number of carbonyl (C=O) groups is 4. The summed E-state index contributed by atoms with van der Waals surface area (Å²) < 4.78 is 5.01. The van der Waals surface area contributed by atoms with E-state index in [1.54, 1.807) is 0 Å². The molecule has 0 unspecified atom stereocenters. The van der Waals surface area contributed by atoms with Gasteiger partial charge in [0, 0.05) is 6.42 Å². The molecule has 24 heavy (non-hydrogen) atoms. The monoisotopic (exact) mass is 331 g/mol. The minimum Gasteiger partial charge on any atom is -0.447 e. The average Bonchev–Trinajstić information content (AvgIpc) is 2.88. The highest BCUT2D eigenvalue weighted by molar-refractivity contribution is 6.06. The summed E-state index contributed by atoms with van der Waals surface area (Å²) in [7, 11) is 0. The van der Waals surface area contributed by atoms with Gasteiger partial charge in [0.1, 0.15) is 18.2 Å². The normalized spacial score (nSPS) is 18.2. The quantitative estimate of drug-likeness (QED) is 0.715. The van der Waals surface area contributed by atoms with Gasteiger partial charge in [-0.3, -0.25) is 9.59 Å². The number of ether oxygens (including phenoxy) is 1. The predicted molar refractivity (Wildman–Crippen MR) is 86.2 cm³/mol. The van der Waals surface area contributed by atoms with E-state index in [0.717, 1.165) is 10.5 Å². The predicted octanol–water partition coefficient (Wildman–Crippen LogP) is 2.15. The molecular weight excluding hydrogens is 310 g/mol. The Balaban J connectivity index is 2.15. The molecular formula is C18H21NO5. The van der Waals surface area contributed by atoms with E-state index in [9.17, 15) is 19.2 Å². The van der Waals surface area contributed by atoms with Crippen molar-refractivity contribution in [2.75, 3.05) is 6.61 Å². The maximum atomic E-state index is 12.7. The second-order valence-corrected chi connectivity index (χ2v) is 6.03. The number of hydrogen-bond donors (Lipinski definition) is 0. The first-order valence-electron chi connectivity index (χ1n) is 7.93. The molecule has 0 saturated carbocycles. The number of nitrogens with zero attached hydrogens (tertiary/aromatic N) is 1. The summed E-state index contributed by atoms with van der Waals surface area (Å²) in [6, 6.07) is 9.02. The van der Waals surface area contributed by atoms with Gasteiger partial charge in [-0.1, -0.05) is 30.3 Å². The second-order valence-electron chi connectivity index (χ2n) is 6.03. The largest absolute Gasteiger partial charge is 0.447 e. The Morgan fingerprint density at radius 2 is 1.88 bits per heavy atom. The van der Waals surface area contributed by atoms with Crippen LogP contribution in [0.25, 0.3) is 0 Å². The fourth-order valence-electron chi connectivity index (χ4n) is 2.78. The zero-order valence-corrected chi connectivity index (χ0v) is 13.9. The fourth-order valence-corrected chi connectivity index (χ4v) is 2.78. The lowest BCUT2D eigenvalue weighted by Gasteiger charge is -2.23. The van der Waals surface area contributed by atoms with Crippen molar-refractivity contribution in [2.24, 2.45) is 5.92 Å². The van der Waals surface area contributed by atoms with Crippen LogP contribution in [0.3, 0.4) is 0 Å². The van der Waals surface area contributed by atoms with E-state index < -0.39 is 24.0 Å². The van der Waals surface area contributed by atoms with Gasteiger partial charge in [0.2, 0.25) is 5.91 Å². The second kappa shape index (κ2) is 7.86. The topological polar surface area (TPSA) is 80.8 Å². The van der Waals surface area contributed by atoms with Crippen molar-refractivity contribution in [3.8, 4) is 0 Å². The summed E-state index contributed by atoms with van der Waals surface area (Å²) in [4.78, 5) is 48.7. The maximum absolute atomic E-state index is 12.7. The van der Waals surface area contributed by atoms with Crippen LogP contribution in [0.1, 0.15) is 32.3 Å². The third-order valence-electron chi connectivity index (χ3n) is 4.09. The standard InChI is InChI=1S/C18H21NO5/c1-12(20)8-9-16(13(2)21)17(22)19-15(11-24-18(19)23)10-14-6-4-3-5-7-14/h3-7,15-16H,8-11H2,1-2H3/t15-,16+/m0/s1. The summed E-state index contributed by atoms with van der Waals surface area (Å²) in [6.45, 7) is 2.82. The number of cyclic esters (lactones) is 1. The Kier molecular flexibility index (Phi) is 5.84. The molecule has 1 aliphatic rings. The van der Waals surface area contributed by atoms with Crippen LogP contribution < -0.4 is 0 Å². The molecule has 1 fully saturated rings. The van der Waals surface area contributed by atoms with Crippen LogP contribution >= 0.6 is 0 Å². The van der Waals surface area contributed by atoms with Crippen LogP contribution in [-0.2, 0) is 25.5 Å². The fraction of sp³-hybridized carbons (Fsp3) is 0.444. The molecule has 2 rings (SSSR count). The van der Waals surface area contributed by atoms with Gasteiger partial charge in [-0.15, -0.1) is 0 Å². The third-order valence-corrected chi connectivity index (χ3v) is 4.09. The minimum absolute atomic E-state index is 0.0983. The lowest BCUT2D eigenvalue weighted by atomic mass is 9.95. The highest BCUT2D eigenvalue weighted by Crippen LogP contribution is 2.22. The van der Waals surface area contributed by atoms with E-state index in [-0.39, 0.29) is 31.0 Å². The number of Topliss-reactive ketones (excluding diaryl/α,β-unsaturated/α-hetero) is 2. The SMILES string of the molecule is CC(=O)CC[C@H](C(C)=O)C(=O)N1C(=O)OC[C@@H]1Cc1ccccc1. The third kappa shape index (κ3) is 4.28. The molecule has 2 atom stereocenters. The van der Waals surface area contributed by atoms with E-state index >= 15 is 0 Å². The van der Waals surface area contributed by atoms with Gasteiger partial charge in [0.25, 0.3) is 0 Å². The van der Waals surface area contributed by atoms with Crippen LogP contribution in [0, 0.1) is 5.92 Å². The van der Waals surface area contributed by atoms with Crippen LogP contribution in [0.4, 0.5) is 4.79 Å². The van der Waals surface area contributed by atoms with Gasteiger partial charge in [0.15, 0.2) is 0 Å². The Morgan fingerprint density at radius 3 is 2.46 bits per heavy atom. The molecule has 1 saturated heterocycles. The van der Waals surface area contributed by atoms with Gasteiger partial charge in [-0.25, -0.2) is 9.69 Å². The van der Waals surface area contributed by atoms with Crippen molar-refractivity contribution in [3.05, 3.63) is 35.9 Å². The molecule has 0 N–H and O–H groups in total. The summed E-state index contributed by atoms with van der Waals surface area (Å²) in [5, 5.41) is 0. The molecule has 1 aromatic carbocycles. The zero-order chi connectivity index (χ0) is 17.7. The van der Waals surface area contributed by atoms with E-state index in [1.807, 2.05) is 30.3 Å². The van der Waals surface area contributed by atoms with Gasteiger partial charge >= 0.3 is 6.09 Å². The molecule has 6 nitrogen and oxygen atoms in total. The van der Waals surface area contributed by atoms with Gasteiger partial charge in [-0.05, 0) is 32.3 Å². The van der Waals surface area contributed by atoms with Crippen molar-refractivity contribution in [3.63, 3.8) is 0 Å². The van der Waals surface area contributed by atoms with Gasteiger partial charge < -0.3 is 9.53 Å². The summed E-state index contributed by atoms with van der Waals surface area (Å²) in [5.41, 5.74) is 0.974. The highest BCUT2D eigenvalue weighted by atomic mass is 16.6. The van der Waals surface area contributed by atoms with Gasteiger partial charge in [-0.2, -0.15) is 0 Å². The Hall–Kier alpha value is -2.50. The summed E-state index contributed by atoms with van der Waals surface area (Å²) >= 11 is 0. The Labute approximate surface area is 140 Å². The van der Waals surface area contributed by atoms with Crippen LogP contribution in [0.2, 0.25) is 0 Å². The molecule has 1 aliphatic heterocycles. The number of ketones is 2. The lowest BCUT2D eigenvalue weighted by molar-refractivity contribution is -0.139. The van der Waals surface area contributed by atoms with Crippen molar-refractivity contribution < 1.29 is 23.9 Å². The minimum atomic E-state index is -0.988. The zero-order valence-electron chi connectivity index (χ0n) is 13.9. The molecule has 0 spiro atoms. The molecule has 2 amide bonds. The number of amides is 2. The van der Waals surface area contributed by atoms with Crippen molar-refractivity contribution in [1.82, 2.24) is 4.90 Å². The number of carbonyl (C=O) groups excluding carboxylic acids is 4. The molecule has 0 radical (unpaired) electrons. The number of imide groups is 1. The Morgan fingerprint density at radius 1 is 1.21 bits per heavy atom. The molecule has 0 bridgehead atoms. The highest BCUT2D eigenvalue weighted by Gasteiger charge is 2.41. The maximum Gasteiger partial charge on any atom is 0.417 e. The van der Waals surface area contributed by atoms with E-state index in [0.29, 0.717) is 6.42 Å². The van der Waals surface area contributed by atoms with Crippen LogP contribution in [0.15, 0.2) is 30.3 Å². The first-order valence-corrected chi connectivity index (χ1v) is 7.93. The number of hydrogen-bond acceptors (Lipinski definition) is 5. The van der Waals surface area contributed by atoms with E-state index in [4.69, 9.17) is 4.74 Å². The van der Waals surface area contributed by atoms with Crippen molar-refractivity contribution >= 4 is 23.6 Å². The number of benzene rings is 1. The Bertz CT molecular complexity index is 640. The van der Waals surface area contributed by atoms with E-state index in [1.165, 1.54) is 13.8 Å². The lowest BCUT2D eigenvalue weighted by Crippen LogP contribution is -2.45. The first kappa shape index (κ1) is 17.8. The summed E-state index contributed by atoms with van der Waals surface area (Å²) in [6.07, 6.45) is -0.0153. The summed E-state index contributed by atoms with van der Waals surface area (Å²) in [5.74, 6) is -2.01. The molecule has 6 heteroatoms. The number of rotatable bonds is 7. The average molecular weight is 331 g/mol. The van der Waals surface area contributed by atoms with E-state index in [2.05, 4.69) is 0 Å². The van der Waals surface area contributed by atoms with Gasteiger partial charge in [0.05, 0.1) is 12.0 Å². The smallest absolute Gasteiger partial charge is 0.417 e. The van der Waals surface area contributed by atoms with Crippen LogP contribution in [0.5, 0.6) is 0 Å². The molecule has 0 aliphatic carbocycles. The first-order chi connectivity index (χ1) is 11.4. The van der Waals surface area contributed by atoms with Crippen molar-refractivity contribution in [2.45, 2.75) is 39.2 Å². The van der Waals surface area contributed by atoms with Crippen LogP contribution in [-0.4, -0.2) is 41.1 Å². The molecule has 128 valence electrons. The van der Waals surface area contributed by atoms with Crippen molar-refractivity contribution in [1.29, 1.82) is 0 Å². The molecule has 0 aromatic heterocycles. The molecule has 1 aromatic rings.